The summed E-state index contributed by atoms with van der Waals surface area (Å²) in [5.41, 5.74) is 0.360. The number of aliphatic imine (C=N–C) groups is 1. The van der Waals surface area contributed by atoms with Crippen LogP contribution in [0.3, 0.4) is 0 Å². The van der Waals surface area contributed by atoms with E-state index < -0.39 is 0 Å². The number of morpholine rings is 1. The van der Waals surface area contributed by atoms with Crippen molar-refractivity contribution in [2.24, 2.45) is 10.4 Å². The molecule has 30 heavy (non-hydrogen) atoms. The van der Waals surface area contributed by atoms with Crippen LogP contribution in [-0.4, -0.2) is 76.6 Å². The van der Waals surface area contributed by atoms with Crippen molar-refractivity contribution in [1.82, 2.24) is 15.5 Å². The van der Waals surface area contributed by atoms with Gasteiger partial charge in [-0.1, -0.05) is 0 Å². The lowest BCUT2D eigenvalue weighted by molar-refractivity contribution is 0.0376. The number of nitrogens with zero attached hydrogens (tertiary/aromatic N) is 2. The van der Waals surface area contributed by atoms with E-state index in [-0.39, 0.29) is 24.0 Å². The van der Waals surface area contributed by atoms with E-state index in [0.29, 0.717) is 5.41 Å². The molecule has 1 saturated heterocycles. The molecule has 1 aromatic heterocycles. The van der Waals surface area contributed by atoms with Gasteiger partial charge in [0.25, 0.3) is 0 Å². The maximum Gasteiger partial charge on any atom is 0.191 e. The third kappa shape index (κ3) is 9.53. The van der Waals surface area contributed by atoms with Crippen LogP contribution in [0.2, 0.25) is 0 Å². The van der Waals surface area contributed by atoms with Crippen molar-refractivity contribution < 1.29 is 13.9 Å². The highest BCUT2D eigenvalue weighted by atomic mass is 127. The molecule has 1 aliphatic heterocycles. The number of furan rings is 1. The first-order valence-electron chi connectivity index (χ1n) is 11.2. The molecule has 0 atom stereocenters. The van der Waals surface area contributed by atoms with Gasteiger partial charge in [-0.2, -0.15) is 0 Å². The molecule has 0 aromatic carbocycles. The molecule has 1 aliphatic carbocycles. The molecule has 2 N–H and O–H groups in total. The molecule has 1 saturated carbocycles. The van der Waals surface area contributed by atoms with Gasteiger partial charge < -0.3 is 24.5 Å². The van der Waals surface area contributed by atoms with Gasteiger partial charge in [0.1, 0.15) is 5.76 Å². The number of hydrogen-bond acceptors (Lipinski definition) is 5. The second-order valence-electron chi connectivity index (χ2n) is 8.10. The fourth-order valence-corrected chi connectivity index (χ4v) is 3.61. The van der Waals surface area contributed by atoms with E-state index >= 15 is 0 Å². The van der Waals surface area contributed by atoms with Gasteiger partial charge in [-0.05, 0) is 56.7 Å². The van der Waals surface area contributed by atoms with Gasteiger partial charge in [0.05, 0.1) is 19.5 Å². The average molecular weight is 534 g/mol. The van der Waals surface area contributed by atoms with Crippen molar-refractivity contribution >= 4 is 29.9 Å². The van der Waals surface area contributed by atoms with Crippen molar-refractivity contribution in [1.29, 1.82) is 0 Å². The Labute approximate surface area is 198 Å². The molecular formula is C22H39IN4O3. The predicted octanol–water partition coefficient (Wildman–Crippen LogP) is 2.90. The Balaban J connectivity index is 0.00000320. The van der Waals surface area contributed by atoms with Crippen LogP contribution in [0.5, 0.6) is 0 Å². The van der Waals surface area contributed by atoms with Gasteiger partial charge in [0.15, 0.2) is 5.96 Å². The van der Waals surface area contributed by atoms with Crippen molar-refractivity contribution in [3.05, 3.63) is 24.2 Å². The van der Waals surface area contributed by atoms with Crippen LogP contribution < -0.4 is 10.6 Å². The second kappa shape index (κ2) is 14.3. The lowest BCUT2D eigenvalue weighted by Gasteiger charge is -2.26. The third-order valence-electron chi connectivity index (χ3n) is 5.80. The summed E-state index contributed by atoms with van der Waals surface area (Å²) in [6.07, 6.45) is 7.33. The molecule has 3 rings (SSSR count). The van der Waals surface area contributed by atoms with Crippen molar-refractivity contribution in [3.63, 3.8) is 0 Å². The molecule has 8 heteroatoms. The van der Waals surface area contributed by atoms with Crippen LogP contribution >= 0.6 is 24.0 Å². The topological polar surface area (TPSA) is 71.3 Å². The van der Waals surface area contributed by atoms with Gasteiger partial charge in [-0.25, -0.2) is 0 Å². The van der Waals surface area contributed by atoms with Crippen LogP contribution in [0.4, 0.5) is 0 Å². The van der Waals surface area contributed by atoms with Gasteiger partial charge in [-0.15, -0.1) is 24.0 Å². The van der Waals surface area contributed by atoms with Gasteiger partial charge >= 0.3 is 0 Å². The van der Waals surface area contributed by atoms with E-state index in [1.807, 2.05) is 12.1 Å². The van der Waals surface area contributed by atoms with Crippen LogP contribution in [0.15, 0.2) is 27.8 Å². The molecule has 0 spiro atoms. The lowest BCUT2D eigenvalue weighted by Crippen LogP contribution is -2.41. The molecule has 2 fully saturated rings. The maximum absolute atomic E-state index is 5.56. The zero-order valence-corrected chi connectivity index (χ0v) is 20.7. The normalized spacial score (nSPS) is 18.6. The Morgan fingerprint density at radius 3 is 2.73 bits per heavy atom. The van der Waals surface area contributed by atoms with E-state index in [4.69, 9.17) is 18.9 Å². The summed E-state index contributed by atoms with van der Waals surface area (Å²) in [4.78, 5) is 7.39. The smallest absolute Gasteiger partial charge is 0.191 e. The average Bonchev–Trinajstić information content (AvgIpc) is 3.32. The summed E-state index contributed by atoms with van der Waals surface area (Å²) < 4.78 is 16.4. The summed E-state index contributed by atoms with van der Waals surface area (Å²) in [5, 5.41) is 7.00. The van der Waals surface area contributed by atoms with Gasteiger partial charge in [0, 0.05) is 52.4 Å². The first-order valence-corrected chi connectivity index (χ1v) is 11.2. The predicted molar refractivity (Wildman–Crippen MR) is 131 cm³/mol. The van der Waals surface area contributed by atoms with Crippen molar-refractivity contribution in [2.75, 3.05) is 65.7 Å². The maximum atomic E-state index is 5.56. The first-order chi connectivity index (χ1) is 14.3. The molecule has 7 nitrogen and oxygen atoms in total. The molecule has 1 aromatic rings. The number of rotatable bonds is 13. The summed E-state index contributed by atoms with van der Waals surface area (Å²) >= 11 is 0. The summed E-state index contributed by atoms with van der Waals surface area (Å²) in [5.74, 6) is 1.92. The molecule has 0 radical (unpaired) electrons. The van der Waals surface area contributed by atoms with Crippen LogP contribution in [0, 0.1) is 5.41 Å². The van der Waals surface area contributed by atoms with Crippen molar-refractivity contribution in [3.8, 4) is 0 Å². The highest BCUT2D eigenvalue weighted by Crippen LogP contribution is 2.48. The molecular weight excluding hydrogens is 495 g/mol. The van der Waals surface area contributed by atoms with Gasteiger partial charge in [0.2, 0.25) is 0 Å². The number of guanidine groups is 1. The first kappa shape index (κ1) is 25.4. The molecule has 172 valence electrons. The van der Waals surface area contributed by atoms with Crippen LogP contribution in [0.25, 0.3) is 0 Å². The molecule has 0 amide bonds. The Kier molecular flexibility index (Phi) is 12.1. The summed E-state index contributed by atoms with van der Waals surface area (Å²) in [6.45, 7) is 11.2. The molecule has 0 unspecified atom stereocenters. The summed E-state index contributed by atoms with van der Waals surface area (Å²) in [7, 11) is 0. The van der Waals surface area contributed by atoms with E-state index in [1.54, 1.807) is 6.26 Å². The highest BCUT2D eigenvalue weighted by molar-refractivity contribution is 14.0. The fourth-order valence-electron chi connectivity index (χ4n) is 3.61. The Bertz CT molecular complexity index is 587. The standard InChI is InChI=1S/C22H38N4O3.HI/c1-2-27-16-9-22(7-8-22)19-25-21(24-11-6-20-5-3-15-29-20)23-10-4-12-26-13-17-28-18-14-26;/h3,5,15H,2,4,6-14,16-19H2,1H3,(H2,23,24,25);1H. The minimum atomic E-state index is 0. The SMILES string of the molecule is CCOCCC1(CN=C(NCCCN2CCOCC2)NCCc2ccco2)CC1.I. The molecule has 2 heterocycles. The second-order valence-corrected chi connectivity index (χ2v) is 8.10. The van der Waals surface area contributed by atoms with E-state index in [9.17, 15) is 0 Å². The minimum Gasteiger partial charge on any atom is -0.469 e. The Hall–Kier alpha value is -0.840. The van der Waals surface area contributed by atoms with E-state index in [2.05, 4.69) is 22.5 Å². The summed E-state index contributed by atoms with van der Waals surface area (Å²) in [6, 6.07) is 3.95. The van der Waals surface area contributed by atoms with Crippen LogP contribution in [0.1, 0.15) is 38.4 Å². The van der Waals surface area contributed by atoms with E-state index in [0.717, 1.165) is 96.7 Å². The Morgan fingerprint density at radius 2 is 2.03 bits per heavy atom. The fraction of sp³-hybridized carbons (Fsp3) is 0.773. The largest absolute Gasteiger partial charge is 0.469 e. The zero-order chi connectivity index (χ0) is 20.2. The van der Waals surface area contributed by atoms with E-state index in [1.165, 1.54) is 12.8 Å². The monoisotopic (exact) mass is 534 g/mol. The van der Waals surface area contributed by atoms with Gasteiger partial charge in [-0.3, -0.25) is 9.89 Å². The zero-order valence-electron chi connectivity index (χ0n) is 18.4. The third-order valence-corrected chi connectivity index (χ3v) is 5.80. The lowest BCUT2D eigenvalue weighted by atomic mass is 10.0. The number of halogens is 1. The molecule has 0 bridgehead atoms. The number of ether oxygens (including phenoxy) is 2. The van der Waals surface area contributed by atoms with Crippen molar-refractivity contribution in [2.45, 2.75) is 39.0 Å². The quantitative estimate of drug-likeness (QED) is 0.176. The number of nitrogens with one attached hydrogen (secondary N) is 2. The van der Waals surface area contributed by atoms with Crippen LogP contribution in [-0.2, 0) is 15.9 Å². The Morgan fingerprint density at radius 1 is 1.23 bits per heavy atom. The highest BCUT2D eigenvalue weighted by Gasteiger charge is 2.41. The minimum absolute atomic E-state index is 0. The number of hydrogen-bond donors (Lipinski definition) is 2. The molecule has 2 aliphatic rings.